The number of carbonyl (C=O) groups excluding carboxylic acids is 1. The van der Waals surface area contributed by atoms with Gasteiger partial charge in [-0.3, -0.25) is 4.79 Å². The number of piperidine rings is 1. The highest BCUT2D eigenvalue weighted by Gasteiger charge is 2.27. The lowest BCUT2D eigenvalue weighted by atomic mass is 9.97. The van der Waals surface area contributed by atoms with Crippen LogP contribution in [-0.2, 0) is 4.79 Å². The van der Waals surface area contributed by atoms with E-state index in [1.807, 2.05) is 35.2 Å². The molecular weight excluding hydrogens is 250 g/mol. The molecule has 1 saturated heterocycles. The molecule has 0 aromatic heterocycles. The van der Waals surface area contributed by atoms with Gasteiger partial charge in [0.25, 0.3) is 0 Å². The van der Waals surface area contributed by atoms with Crippen molar-refractivity contribution in [3.05, 3.63) is 35.9 Å². The molecule has 0 aliphatic carbocycles. The van der Waals surface area contributed by atoms with Crippen LogP contribution in [0.5, 0.6) is 5.75 Å². The summed E-state index contributed by atoms with van der Waals surface area (Å²) in [6, 6.07) is 8.38. The first-order valence-corrected chi connectivity index (χ1v) is 7.26. The maximum atomic E-state index is 12.3. The van der Waals surface area contributed by atoms with Gasteiger partial charge in [0.1, 0.15) is 5.75 Å². The van der Waals surface area contributed by atoms with Crippen molar-refractivity contribution in [2.24, 2.45) is 0 Å². The van der Waals surface area contributed by atoms with Gasteiger partial charge in [-0.05, 0) is 56.9 Å². The van der Waals surface area contributed by atoms with Crippen LogP contribution in [0.15, 0.2) is 30.3 Å². The van der Waals surface area contributed by atoms with Gasteiger partial charge in [-0.15, -0.1) is 0 Å². The summed E-state index contributed by atoms with van der Waals surface area (Å²) in [6.07, 6.45) is 6.98. The second kappa shape index (κ2) is 6.60. The predicted octanol–water partition coefficient (Wildman–Crippen LogP) is 3.50. The minimum absolute atomic E-state index is 0.112. The van der Waals surface area contributed by atoms with E-state index in [0.717, 1.165) is 24.2 Å². The van der Waals surface area contributed by atoms with Gasteiger partial charge in [0.15, 0.2) is 0 Å². The van der Waals surface area contributed by atoms with Gasteiger partial charge in [0, 0.05) is 18.2 Å². The Morgan fingerprint density at radius 3 is 2.35 bits per heavy atom. The monoisotopic (exact) mass is 273 g/mol. The average molecular weight is 273 g/mol. The van der Waals surface area contributed by atoms with Crippen LogP contribution in [0, 0.1) is 0 Å². The van der Waals surface area contributed by atoms with Gasteiger partial charge in [-0.1, -0.05) is 12.1 Å². The van der Waals surface area contributed by atoms with Crippen LogP contribution >= 0.6 is 0 Å². The topological polar surface area (TPSA) is 29.5 Å². The highest BCUT2D eigenvalue weighted by atomic mass is 16.5. The van der Waals surface area contributed by atoms with E-state index in [9.17, 15) is 4.79 Å². The number of amides is 1. The third-order valence-corrected chi connectivity index (χ3v) is 3.98. The number of likely N-dealkylation sites (tertiary alicyclic amines) is 1. The molecule has 1 aliphatic heterocycles. The van der Waals surface area contributed by atoms with Crippen LogP contribution in [0.25, 0.3) is 6.08 Å². The number of hydrogen-bond donors (Lipinski definition) is 0. The summed E-state index contributed by atoms with van der Waals surface area (Å²) < 4.78 is 5.12. The summed E-state index contributed by atoms with van der Waals surface area (Å²) in [5.74, 6) is 0.937. The van der Waals surface area contributed by atoms with Crippen molar-refractivity contribution >= 4 is 12.0 Å². The Morgan fingerprint density at radius 2 is 1.80 bits per heavy atom. The number of benzene rings is 1. The summed E-state index contributed by atoms with van der Waals surface area (Å²) in [5, 5.41) is 0. The molecule has 1 aliphatic rings. The summed E-state index contributed by atoms with van der Waals surface area (Å²) in [7, 11) is 1.65. The lowest BCUT2D eigenvalue weighted by Crippen LogP contribution is -2.46. The summed E-state index contributed by atoms with van der Waals surface area (Å²) in [5.41, 5.74) is 1.01. The second-order valence-electron chi connectivity index (χ2n) is 5.48. The Bertz CT molecular complexity index is 468. The van der Waals surface area contributed by atoms with Crippen molar-refractivity contribution in [3.8, 4) is 5.75 Å². The van der Waals surface area contributed by atoms with Gasteiger partial charge in [-0.2, -0.15) is 0 Å². The molecular formula is C17H23NO2. The minimum atomic E-state index is 0.112. The van der Waals surface area contributed by atoms with E-state index in [4.69, 9.17) is 4.74 Å². The molecule has 2 rings (SSSR count). The van der Waals surface area contributed by atoms with Gasteiger partial charge in [0.05, 0.1) is 7.11 Å². The normalized spacial score (nSPS) is 23.1. The molecule has 1 fully saturated rings. The molecule has 0 saturated carbocycles. The molecule has 2 unspecified atom stereocenters. The van der Waals surface area contributed by atoms with Gasteiger partial charge in [0.2, 0.25) is 5.91 Å². The largest absolute Gasteiger partial charge is 0.497 e. The Hall–Kier alpha value is -1.77. The van der Waals surface area contributed by atoms with E-state index in [0.29, 0.717) is 12.1 Å². The zero-order valence-corrected chi connectivity index (χ0v) is 12.5. The zero-order chi connectivity index (χ0) is 14.5. The van der Waals surface area contributed by atoms with Crippen LogP contribution in [-0.4, -0.2) is 30.0 Å². The summed E-state index contributed by atoms with van der Waals surface area (Å²) >= 11 is 0. The first-order valence-electron chi connectivity index (χ1n) is 7.26. The third kappa shape index (κ3) is 3.41. The molecule has 108 valence electrons. The van der Waals surface area contributed by atoms with Crippen molar-refractivity contribution < 1.29 is 9.53 Å². The lowest BCUT2D eigenvalue weighted by Gasteiger charge is -2.38. The standard InChI is InChI=1S/C17H23NO2/c1-13-5-4-6-14(2)18(13)17(19)12-9-15-7-10-16(20-3)11-8-15/h7-14H,4-6H2,1-3H3/b12-9+. The van der Waals surface area contributed by atoms with Crippen LogP contribution in [0.4, 0.5) is 0 Å². The molecule has 0 radical (unpaired) electrons. The number of carbonyl (C=O) groups is 1. The highest BCUT2D eigenvalue weighted by Crippen LogP contribution is 2.23. The molecule has 1 aromatic carbocycles. The molecule has 1 amide bonds. The molecule has 20 heavy (non-hydrogen) atoms. The summed E-state index contributed by atoms with van der Waals surface area (Å²) in [4.78, 5) is 14.3. The fourth-order valence-electron chi connectivity index (χ4n) is 2.82. The highest BCUT2D eigenvalue weighted by molar-refractivity contribution is 5.92. The molecule has 2 atom stereocenters. The predicted molar refractivity (Wildman–Crippen MR) is 81.6 cm³/mol. The first-order chi connectivity index (χ1) is 9.61. The Kier molecular flexibility index (Phi) is 4.83. The molecule has 0 spiro atoms. The molecule has 1 aromatic rings. The Morgan fingerprint density at radius 1 is 1.20 bits per heavy atom. The van der Waals surface area contributed by atoms with Crippen LogP contribution in [0.3, 0.4) is 0 Å². The van der Waals surface area contributed by atoms with Gasteiger partial charge >= 0.3 is 0 Å². The van der Waals surface area contributed by atoms with E-state index in [1.54, 1.807) is 13.2 Å². The van der Waals surface area contributed by atoms with Crippen LogP contribution in [0.1, 0.15) is 38.7 Å². The van der Waals surface area contributed by atoms with Gasteiger partial charge in [-0.25, -0.2) is 0 Å². The van der Waals surface area contributed by atoms with E-state index in [2.05, 4.69) is 13.8 Å². The van der Waals surface area contributed by atoms with E-state index < -0.39 is 0 Å². The number of nitrogens with zero attached hydrogens (tertiary/aromatic N) is 1. The Balaban J connectivity index is 2.03. The number of hydrogen-bond acceptors (Lipinski definition) is 2. The van der Waals surface area contributed by atoms with E-state index in [1.165, 1.54) is 6.42 Å². The molecule has 3 nitrogen and oxygen atoms in total. The van der Waals surface area contributed by atoms with Gasteiger partial charge < -0.3 is 9.64 Å². The number of methoxy groups -OCH3 is 1. The molecule has 0 N–H and O–H groups in total. The maximum absolute atomic E-state index is 12.3. The third-order valence-electron chi connectivity index (χ3n) is 3.98. The molecule has 1 heterocycles. The van der Waals surface area contributed by atoms with Crippen LogP contribution in [0.2, 0.25) is 0 Å². The number of rotatable bonds is 3. The maximum Gasteiger partial charge on any atom is 0.247 e. The fourth-order valence-corrected chi connectivity index (χ4v) is 2.82. The van der Waals surface area contributed by atoms with E-state index in [-0.39, 0.29) is 5.91 Å². The van der Waals surface area contributed by atoms with Crippen LogP contribution < -0.4 is 4.74 Å². The van der Waals surface area contributed by atoms with Crippen molar-refractivity contribution in [1.82, 2.24) is 4.90 Å². The average Bonchev–Trinajstić information content (AvgIpc) is 2.45. The minimum Gasteiger partial charge on any atom is -0.497 e. The second-order valence-corrected chi connectivity index (χ2v) is 5.48. The molecule has 0 bridgehead atoms. The summed E-state index contributed by atoms with van der Waals surface area (Å²) in [6.45, 7) is 4.27. The SMILES string of the molecule is COc1ccc(/C=C/C(=O)N2C(C)CCCC2C)cc1. The van der Waals surface area contributed by atoms with Crippen molar-refractivity contribution in [1.29, 1.82) is 0 Å². The smallest absolute Gasteiger partial charge is 0.247 e. The van der Waals surface area contributed by atoms with Crippen molar-refractivity contribution in [2.45, 2.75) is 45.2 Å². The van der Waals surface area contributed by atoms with E-state index >= 15 is 0 Å². The first kappa shape index (κ1) is 14.6. The Labute approximate surface area is 121 Å². The lowest BCUT2D eigenvalue weighted by molar-refractivity contribution is -0.131. The number of ether oxygens (including phenoxy) is 1. The van der Waals surface area contributed by atoms with Crippen molar-refractivity contribution in [2.75, 3.05) is 7.11 Å². The molecule has 3 heteroatoms. The quantitative estimate of drug-likeness (QED) is 0.789. The zero-order valence-electron chi connectivity index (χ0n) is 12.5. The van der Waals surface area contributed by atoms with Crippen molar-refractivity contribution in [3.63, 3.8) is 0 Å². The fraction of sp³-hybridized carbons (Fsp3) is 0.471.